The molecule has 14 heavy (non-hydrogen) atoms. The Kier molecular flexibility index (Phi) is 25.0. The fraction of sp³-hybridized carbons (Fsp3) is 0.714. The maximum absolute atomic E-state index is 2.21. The van der Waals surface area contributed by atoms with Crippen LogP contribution in [0, 0.1) is 0 Å². The van der Waals surface area contributed by atoms with Crippen LogP contribution < -0.4 is 0 Å². The van der Waals surface area contributed by atoms with Crippen molar-refractivity contribution in [3.63, 3.8) is 0 Å². The van der Waals surface area contributed by atoms with E-state index in [1.807, 2.05) is 27.7 Å². The van der Waals surface area contributed by atoms with Crippen molar-refractivity contribution in [2.45, 2.75) is 68.2 Å². The Labute approximate surface area is 92.1 Å². The molecule has 0 bridgehead atoms. The van der Waals surface area contributed by atoms with Crippen LogP contribution in [0.25, 0.3) is 0 Å². The van der Waals surface area contributed by atoms with Crippen LogP contribution in [0.1, 0.15) is 68.2 Å². The Balaban J connectivity index is -0.000000266. The summed E-state index contributed by atoms with van der Waals surface area (Å²) < 4.78 is 0. The minimum Gasteiger partial charge on any atom is -0.0874 e. The lowest BCUT2D eigenvalue weighted by molar-refractivity contribution is 1.01. The van der Waals surface area contributed by atoms with Crippen LogP contribution in [0.4, 0.5) is 0 Å². The monoisotopic (exact) mass is 198 g/mol. The van der Waals surface area contributed by atoms with Crippen molar-refractivity contribution in [3.8, 4) is 0 Å². The quantitative estimate of drug-likeness (QED) is 0.506. The molecule has 0 aromatic heterocycles. The first kappa shape index (κ1) is 19.1. The van der Waals surface area contributed by atoms with E-state index in [2.05, 4.69) is 39.8 Å². The van der Waals surface area contributed by atoms with Crippen molar-refractivity contribution in [3.05, 3.63) is 23.3 Å². The summed E-state index contributed by atoms with van der Waals surface area (Å²) in [6.45, 7) is 16.7. The molecule has 0 saturated heterocycles. The van der Waals surface area contributed by atoms with Crippen molar-refractivity contribution < 1.29 is 0 Å². The molecule has 0 N–H and O–H groups in total. The lowest BCUT2D eigenvalue weighted by Crippen LogP contribution is -1.81. The van der Waals surface area contributed by atoms with Gasteiger partial charge in [-0.15, -0.1) is 0 Å². The van der Waals surface area contributed by atoms with Crippen LogP contribution in [-0.4, -0.2) is 0 Å². The molecule has 0 aliphatic carbocycles. The Bertz CT molecular complexity index is 138. The molecule has 0 heterocycles. The molecule has 0 radical (unpaired) electrons. The topological polar surface area (TPSA) is 0 Å². The minimum atomic E-state index is 1.16. The van der Waals surface area contributed by atoms with Gasteiger partial charge in [-0.1, -0.05) is 59.3 Å². The van der Waals surface area contributed by atoms with Crippen LogP contribution in [-0.2, 0) is 0 Å². The third-order valence-corrected chi connectivity index (χ3v) is 1.83. The molecule has 0 nitrogen and oxygen atoms in total. The van der Waals surface area contributed by atoms with E-state index in [-0.39, 0.29) is 0 Å². The second-order valence-electron chi connectivity index (χ2n) is 2.51. The van der Waals surface area contributed by atoms with E-state index in [0.717, 1.165) is 6.42 Å². The molecule has 0 saturated carbocycles. The Hall–Kier alpha value is -0.520. The fourth-order valence-electron chi connectivity index (χ4n) is 0.990. The number of allylic oxidation sites excluding steroid dienone is 4. The van der Waals surface area contributed by atoms with E-state index in [4.69, 9.17) is 0 Å². The number of hydrogen-bond donors (Lipinski definition) is 0. The van der Waals surface area contributed by atoms with Crippen LogP contribution >= 0.6 is 0 Å². The molecule has 0 heteroatoms. The molecule has 0 spiro atoms. The summed E-state index contributed by atoms with van der Waals surface area (Å²) in [4.78, 5) is 0. The molecule has 86 valence electrons. The summed E-state index contributed by atoms with van der Waals surface area (Å²) in [5.41, 5.74) is 3.01. The second-order valence-corrected chi connectivity index (χ2v) is 2.51. The molecule has 0 fully saturated rings. The summed E-state index contributed by atoms with van der Waals surface area (Å²) in [5, 5.41) is 0. The Morgan fingerprint density at radius 1 is 0.929 bits per heavy atom. The van der Waals surface area contributed by atoms with Crippen molar-refractivity contribution in [2.75, 3.05) is 0 Å². The molecule has 0 aliphatic rings. The minimum absolute atomic E-state index is 1.16. The predicted molar refractivity (Wildman–Crippen MR) is 70.8 cm³/mol. The highest BCUT2D eigenvalue weighted by Gasteiger charge is 1.91. The molecule has 0 aliphatic heterocycles. The third-order valence-electron chi connectivity index (χ3n) is 1.83. The molecule has 0 aromatic rings. The fourth-order valence-corrected chi connectivity index (χ4v) is 0.990. The van der Waals surface area contributed by atoms with Gasteiger partial charge in [0.25, 0.3) is 0 Å². The van der Waals surface area contributed by atoms with E-state index in [1.54, 1.807) is 0 Å². The van der Waals surface area contributed by atoms with Gasteiger partial charge in [-0.25, -0.2) is 0 Å². The predicted octanol–water partition coefficient (Wildman–Crippen LogP) is 5.75. The van der Waals surface area contributed by atoms with E-state index in [0.29, 0.717) is 0 Å². The van der Waals surface area contributed by atoms with Crippen LogP contribution in [0.3, 0.4) is 0 Å². The van der Waals surface area contributed by atoms with Gasteiger partial charge >= 0.3 is 0 Å². The molecular weight excluding hydrogens is 168 g/mol. The lowest BCUT2D eigenvalue weighted by Gasteiger charge is -2.01. The Morgan fingerprint density at radius 2 is 1.36 bits per heavy atom. The van der Waals surface area contributed by atoms with Gasteiger partial charge in [0.1, 0.15) is 0 Å². The largest absolute Gasteiger partial charge is 0.0874 e. The molecular formula is C14H30. The highest BCUT2D eigenvalue weighted by Crippen LogP contribution is 2.12. The summed E-state index contributed by atoms with van der Waals surface area (Å²) in [7, 11) is 0. The number of hydrogen-bond acceptors (Lipinski definition) is 0. The zero-order valence-electron chi connectivity index (χ0n) is 11.6. The van der Waals surface area contributed by atoms with Crippen molar-refractivity contribution >= 4 is 0 Å². The normalized spacial score (nSPS) is 10.9. The molecule has 0 unspecified atom stereocenters. The smallest absolute Gasteiger partial charge is 0.0308 e. The SMILES string of the molecule is C/C=C\C(CC)=C(/C)CC.CC.CC. The summed E-state index contributed by atoms with van der Waals surface area (Å²) in [5.74, 6) is 0. The first-order valence-corrected chi connectivity index (χ1v) is 6.07. The highest BCUT2D eigenvalue weighted by molar-refractivity contribution is 5.23. The Morgan fingerprint density at radius 3 is 1.57 bits per heavy atom. The zero-order valence-corrected chi connectivity index (χ0v) is 11.6. The van der Waals surface area contributed by atoms with Gasteiger partial charge < -0.3 is 0 Å². The summed E-state index contributed by atoms with van der Waals surface area (Å²) in [6.07, 6.45) is 6.65. The second kappa shape index (κ2) is 18.3. The van der Waals surface area contributed by atoms with Gasteiger partial charge in [-0.3, -0.25) is 0 Å². The summed E-state index contributed by atoms with van der Waals surface area (Å²) in [6, 6.07) is 0. The van der Waals surface area contributed by atoms with Gasteiger partial charge in [0.15, 0.2) is 0 Å². The molecule has 0 amide bonds. The van der Waals surface area contributed by atoms with Crippen LogP contribution in [0.5, 0.6) is 0 Å². The zero-order chi connectivity index (χ0) is 12.0. The van der Waals surface area contributed by atoms with Crippen molar-refractivity contribution in [2.24, 2.45) is 0 Å². The van der Waals surface area contributed by atoms with Gasteiger partial charge in [0.05, 0.1) is 0 Å². The van der Waals surface area contributed by atoms with Crippen molar-refractivity contribution in [1.82, 2.24) is 0 Å². The van der Waals surface area contributed by atoms with Gasteiger partial charge in [-0.2, -0.15) is 0 Å². The van der Waals surface area contributed by atoms with Crippen LogP contribution in [0.2, 0.25) is 0 Å². The molecule has 0 rings (SSSR count). The van der Waals surface area contributed by atoms with E-state index in [1.165, 1.54) is 17.6 Å². The third kappa shape index (κ3) is 11.5. The highest BCUT2D eigenvalue weighted by atomic mass is 14.0. The van der Waals surface area contributed by atoms with Crippen molar-refractivity contribution in [1.29, 1.82) is 0 Å². The maximum Gasteiger partial charge on any atom is -0.0308 e. The number of rotatable bonds is 3. The van der Waals surface area contributed by atoms with E-state index >= 15 is 0 Å². The lowest BCUT2D eigenvalue weighted by atomic mass is 10.1. The van der Waals surface area contributed by atoms with E-state index in [9.17, 15) is 0 Å². The average Bonchev–Trinajstić information content (AvgIpc) is 2.30. The van der Waals surface area contributed by atoms with Gasteiger partial charge in [-0.05, 0) is 32.3 Å². The maximum atomic E-state index is 2.21. The van der Waals surface area contributed by atoms with Gasteiger partial charge in [0, 0.05) is 0 Å². The summed E-state index contributed by atoms with van der Waals surface area (Å²) >= 11 is 0. The first-order valence-electron chi connectivity index (χ1n) is 6.07. The molecule has 0 aromatic carbocycles. The van der Waals surface area contributed by atoms with E-state index < -0.39 is 0 Å². The average molecular weight is 198 g/mol. The van der Waals surface area contributed by atoms with Gasteiger partial charge in [0.2, 0.25) is 0 Å². The van der Waals surface area contributed by atoms with Crippen LogP contribution in [0.15, 0.2) is 23.3 Å². The molecule has 0 atom stereocenters. The first-order chi connectivity index (χ1) is 6.76. The standard InChI is InChI=1S/C10H18.2C2H6/c1-5-8-10(7-3)9(4)6-2;2*1-2/h5,8H,6-7H2,1-4H3;2*1-2H3/b8-5-,10-9+;;.